The molecular formula is C23H26ClFN6O. The largest absolute Gasteiger partial charge is 0.382 e. The van der Waals surface area contributed by atoms with E-state index in [4.69, 9.17) is 23.1 Å². The number of benzene rings is 2. The first kappa shape index (κ1) is 22.1. The van der Waals surface area contributed by atoms with E-state index in [1.807, 2.05) is 24.3 Å². The van der Waals surface area contributed by atoms with Crippen molar-refractivity contribution in [2.75, 3.05) is 17.2 Å². The predicted molar refractivity (Wildman–Crippen MR) is 125 cm³/mol. The third kappa shape index (κ3) is 4.71. The summed E-state index contributed by atoms with van der Waals surface area (Å²) in [5, 5.41) is 11.9. The Hall–Kier alpha value is -3.10. The van der Waals surface area contributed by atoms with E-state index in [1.54, 1.807) is 23.0 Å². The first-order valence-corrected chi connectivity index (χ1v) is 10.9. The molecule has 1 heterocycles. The monoisotopic (exact) mass is 456 g/mol. The quantitative estimate of drug-likeness (QED) is 0.425. The lowest BCUT2D eigenvalue weighted by Crippen LogP contribution is -2.46. The Morgan fingerprint density at radius 1 is 1.12 bits per heavy atom. The van der Waals surface area contributed by atoms with E-state index in [0.29, 0.717) is 29.1 Å². The number of nitrogens with one attached hydrogen (secondary N) is 2. The molecule has 0 spiro atoms. The number of halogens is 2. The number of nitrogens with two attached hydrogens (primary N) is 2. The Morgan fingerprint density at radius 2 is 1.75 bits per heavy atom. The van der Waals surface area contributed by atoms with Gasteiger partial charge in [-0.25, -0.2) is 4.39 Å². The van der Waals surface area contributed by atoms with Crippen LogP contribution in [-0.4, -0.2) is 28.3 Å². The minimum absolute atomic E-state index is 0.267. The van der Waals surface area contributed by atoms with Crippen molar-refractivity contribution in [3.8, 4) is 0 Å². The first-order chi connectivity index (χ1) is 15.4. The van der Waals surface area contributed by atoms with Crippen LogP contribution in [0, 0.1) is 5.82 Å². The molecule has 9 heteroatoms. The van der Waals surface area contributed by atoms with Gasteiger partial charge in [-0.1, -0.05) is 11.6 Å². The van der Waals surface area contributed by atoms with Crippen molar-refractivity contribution in [3.63, 3.8) is 0 Å². The van der Waals surface area contributed by atoms with Gasteiger partial charge in [0.15, 0.2) is 5.82 Å². The van der Waals surface area contributed by atoms with Crippen LogP contribution in [-0.2, 0) is 5.54 Å². The number of carbonyl (C=O) groups is 1. The fourth-order valence-electron chi connectivity index (χ4n) is 4.17. The Kier molecular flexibility index (Phi) is 6.34. The van der Waals surface area contributed by atoms with Gasteiger partial charge in [0.1, 0.15) is 11.4 Å². The van der Waals surface area contributed by atoms with Crippen molar-refractivity contribution in [1.29, 1.82) is 0 Å². The SMILES string of the molecule is NCC1(n2cc(C(N)=O)c(Nc3ccc(F)cc3)n2)CCC(Nc2ccc(Cl)cc2)CC1. The van der Waals surface area contributed by atoms with Crippen LogP contribution in [0.15, 0.2) is 54.7 Å². The number of nitrogens with zero attached hydrogens (tertiary/aromatic N) is 2. The lowest BCUT2D eigenvalue weighted by molar-refractivity contribution is 0.100. The molecule has 1 aliphatic rings. The van der Waals surface area contributed by atoms with Crippen LogP contribution < -0.4 is 22.1 Å². The summed E-state index contributed by atoms with van der Waals surface area (Å²) in [5.74, 6) is -0.605. The van der Waals surface area contributed by atoms with E-state index in [0.717, 1.165) is 31.4 Å². The lowest BCUT2D eigenvalue weighted by Gasteiger charge is -2.40. The Labute approximate surface area is 190 Å². The van der Waals surface area contributed by atoms with Crippen LogP contribution in [0.5, 0.6) is 0 Å². The van der Waals surface area contributed by atoms with Crippen LogP contribution in [0.25, 0.3) is 0 Å². The second-order valence-electron chi connectivity index (χ2n) is 8.19. The summed E-state index contributed by atoms with van der Waals surface area (Å²) in [6.07, 6.45) is 5.04. The maximum absolute atomic E-state index is 13.2. The Morgan fingerprint density at radius 3 is 2.34 bits per heavy atom. The highest BCUT2D eigenvalue weighted by Gasteiger charge is 2.37. The molecular weight excluding hydrogens is 431 g/mol. The van der Waals surface area contributed by atoms with E-state index in [-0.39, 0.29) is 11.4 Å². The van der Waals surface area contributed by atoms with Gasteiger partial charge in [-0.3, -0.25) is 9.48 Å². The van der Waals surface area contributed by atoms with Crippen molar-refractivity contribution in [3.05, 3.63) is 71.1 Å². The van der Waals surface area contributed by atoms with Crippen molar-refractivity contribution >= 4 is 34.7 Å². The van der Waals surface area contributed by atoms with Crippen LogP contribution in [0.2, 0.25) is 5.02 Å². The number of hydrogen-bond acceptors (Lipinski definition) is 5. The van der Waals surface area contributed by atoms with Crippen LogP contribution in [0.4, 0.5) is 21.6 Å². The fourth-order valence-corrected chi connectivity index (χ4v) is 4.29. The van der Waals surface area contributed by atoms with Crippen LogP contribution in [0.1, 0.15) is 36.0 Å². The van der Waals surface area contributed by atoms with Gasteiger partial charge in [0, 0.05) is 35.2 Å². The minimum Gasteiger partial charge on any atom is -0.382 e. The second-order valence-corrected chi connectivity index (χ2v) is 8.62. The highest BCUT2D eigenvalue weighted by Crippen LogP contribution is 2.36. The number of aromatic nitrogens is 2. The molecule has 7 nitrogen and oxygen atoms in total. The van der Waals surface area contributed by atoms with Crippen molar-refractivity contribution < 1.29 is 9.18 Å². The molecule has 3 aromatic rings. The molecule has 0 aliphatic heterocycles. The summed E-state index contributed by atoms with van der Waals surface area (Å²) in [4.78, 5) is 12.1. The predicted octanol–water partition coefficient (Wildman–Crippen LogP) is 4.23. The molecule has 1 fully saturated rings. The number of rotatable bonds is 7. The number of anilines is 3. The molecule has 0 radical (unpaired) electrons. The third-order valence-corrected chi connectivity index (χ3v) is 6.34. The Balaban J connectivity index is 1.51. The molecule has 1 amide bonds. The molecule has 0 unspecified atom stereocenters. The van der Waals surface area contributed by atoms with Crippen LogP contribution in [0.3, 0.4) is 0 Å². The highest BCUT2D eigenvalue weighted by molar-refractivity contribution is 6.30. The average Bonchev–Trinajstić information content (AvgIpc) is 3.22. The molecule has 0 saturated heterocycles. The molecule has 0 atom stereocenters. The summed E-state index contributed by atoms with van der Waals surface area (Å²) >= 11 is 5.97. The summed E-state index contributed by atoms with van der Waals surface area (Å²) in [5.41, 5.74) is 13.3. The minimum atomic E-state index is -0.592. The molecule has 6 N–H and O–H groups in total. The average molecular weight is 457 g/mol. The van der Waals surface area contributed by atoms with E-state index >= 15 is 0 Å². The first-order valence-electron chi connectivity index (χ1n) is 10.5. The van der Waals surface area contributed by atoms with E-state index in [2.05, 4.69) is 15.7 Å². The number of amides is 1. The third-order valence-electron chi connectivity index (χ3n) is 6.08. The van der Waals surface area contributed by atoms with Crippen molar-refractivity contribution in [2.45, 2.75) is 37.3 Å². The van der Waals surface area contributed by atoms with Gasteiger partial charge in [0.05, 0.1) is 5.54 Å². The molecule has 0 bridgehead atoms. The number of hydrogen-bond donors (Lipinski definition) is 4. The number of carbonyl (C=O) groups excluding carboxylic acids is 1. The van der Waals surface area contributed by atoms with Gasteiger partial charge < -0.3 is 22.1 Å². The van der Waals surface area contributed by atoms with Gasteiger partial charge in [0.25, 0.3) is 5.91 Å². The Bertz CT molecular complexity index is 1070. The van der Waals surface area contributed by atoms with Gasteiger partial charge in [-0.05, 0) is 74.2 Å². The van der Waals surface area contributed by atoms with Gasteiger partial charge in [0.2, 0.25) is 0 Å². The topological polar surface area (TPSA) is 111 Å². The smallest absolute Gasteiger partial charge is 0.254 e. The van der Waals surface area contributed by atoms with Gasteiger partial charge >= 0.3 is 0 Å². The van der Waals surface area contributed by atoms with Crippen molar-refractivity contribution in [1.82, 2.24) is 9.78 Å². The number of primary amides is 1. The zero-order chi connectivity index (χ0) is 22.7. The molecule has 1 aromatic heterocycles. The van der Waals surface area contributed by atoms with Gasteiger partial charge in [-0.15, -0.1) is 0 Å². The normalized spacial score (nSPS) is 20.7. The highest BCUT2D eigenvalue weighted by atomic mass is 35.5. The summed E-state index contributed by atoms with van der Waals surface area (Å²) in [6.45, 7) is 0.385. The van der Waals surface area contributed by atoms with Gasteiger partial charge in [-0.2, -0.15) is 5.10 Å². The maximum atomic E-state index is 13.2. The standard InChI is InChI=1S/C23H26ClFN6O/c24-15-1-5-17(6-2-15)28-19-9-11-23(14-26,12-10-19)31-13-20(21(27)32)22(30-31)29-18-7-3-16(25)4-8-18/h1-8,13,19,28H,9-12,14,26H2,(H2,27,32)(H,29,30). The molecule has 4 rings (SSSR count). The summed E-state index contributed by atoms with van der Waals surface area (Å²) in [7, 11) is 0. The molecule has 1 saturated carbocycles. The van der Waals surface area contributed by atoms with Crippen molar-refractivity contribution in [2.24, 2.45) is 11.5 Å². The molecule has 32 heavy (non-hydrogen) atoms. The summed E-state index contributed by atoms with van der Waals surface area (Å²) < 4.78 is 15.0. The van der Waals surface area contributed by atoms with E-state index in [1.165, 1.54) is 12.1 Å². The summed E-state index contributed by atoms with van der Waals surface area (Å²) in [6, 6.07) is 13.8. The fraction of sp³-hybridized carbons (Fsp3) is 0.304. The van der Waals surface area contributed by atoms with E-state index < -0.39 is 11.4 Å². The van der Waals surface area contributed by atoms with E-state index in [9.17, 15) is 9.18 Å². The molecule has 1 aliphatic carbocycles. The molecule has 168 valence electrons. The second kappa shape index (κ2) is 9.18. The maximum Gasteiger partial charge on any atom is 0.254 e. The van der Waals surface area contributed by atoms with Crippen LogP contribution >= 0.6 is 11.6 Å². The lowest BCUT2D eigenvalue weighted by atomic mass is 9.79. The molecule has 2 aromatic carbocycles. The zero-order valence-corrected chi connectivity index (χ0v) is 18.3. The zero-order valence-electron chi connectivity index (χ0n) is 17.5.